The Bertz CT molecular complexity index is 165. The molecule has 1 rings (SSSR count). The molecule has 0 aromatic heterocycles. The average Bonchev–Trinajstić information content (AvgIpc) is 2.04. The molecule has 0 aliphatic heterocycles. The van der Waals surface area contributed by atoms with E-state index in [9.17, 15) is 4.79 Å². The Morgan fingerprint density at radius 2 is 2.10 bits per heavy atom. The van der Waals surface area contributed by atoms with Crippen molar-refractivity contribution >= 4 is 37.8 Å². The Balaban J connectivity index is 2.72. The maximum absolute atomic E-state index is 10.5. The van der Waals surface area contributed by atoms with Crippen LogP contribution in [0.15, 0.2) is 9.19 Å². The molecule has 1 nitrogen and oxygen atoms in total. The molecule has 0 saturated carbocycles. The van der Waals surface area contributed by atoms with Crippen LogP contribution in [0.4, 0.5) is 0 Å². The van der Waals surface area contributed by atoms with E-state index in [0.717, 1.165) is 18.3 Å². The van der Waals surface area contributed by atoms with Crippen LogP contribution in [0.5, 0.6) is 0 Å². The molecule has 0 atom stereocenters. The van der Waals surface area contributed by atoms with Crippen LogP contribution in [0.25, 0.3) is 0 Å². The monoisotopic (exact) mass is 318 g/mol. The predicted molar refractivity (Wildman–Crippen MR) is 46.2 cm³/mol. The number of hydrogen-bond acceptors (Lipinski definition) is 1. The van der Waals surface area contributed by atoms with E-state index in [1.54, 1.807) is 0 Å². The van der Waals surface area contributed by atoms with E-state index < -0.39 is 0 Å². The number of hydrogen-bond donors (Lipinski definition) is 0. The third-order valence-corrected chi connectivity index (χ3v) is 6.18. The molecule has 0 amide bonds. The second-order valence-electron chi connectivity index (χ2n) is 2.35. The molecule has 3 heteroatoms. The van der Waals surface area contributed by atoms with E-state index in [0.29, 0.717) is 0 Å². The van der Waals surface area contributed by atoms with Gasteiger partial charge in [0.1, 0.15) is 0 Å². The molecule has 0 spiro atoms. The van der Waals surface area contributed by atoms with Crippen molar-refractivity contribution in [2.24, 2.45) is 0 Å². The van der Waals surface area contributed by atoms with Gasteiger partial charge in [0.25, 0.3) is 0 Å². The molecule has 10 heavy (non-hydrogen) atoms. The number of carbonyl (C=O) groups is 1. The molecule has 0 aromatic rings. The van der Waals surface area contributed by atoms with Gasteiger partial charge in [0, 0.05) is 0 Å². The van der Waals surface area contributed by atoms with Crippen LogP contribution in [0, 0.1) is 0 Å². The second-order valence-corrected chi connectivity index (χ2v) is 6.37. The summed E-state index contributed by atoms with van der Waals surface area (Å²) in [7, 11) is 0. The molecular weight excluding hydrogens is 308 g/mol. The van der Waals surface area contributed by atoms with Gasteiger partial charge in [-0.1, -0.05) is 0 Å². The van der Waals surface area contributed by atoms with Crippen molar-refractivity contribution in [3.63, 3.8) is 0 Å². The van der Waals surface area contributed by atoms with E-state index in [4.69, 9.17) is 0 Å². The first kappa shape index (κ1) is 8.77. The van der Waals surface area contributed by atoms with Gasteiger partial charge in [-0.3, -0.25) is 0 Å². The molecule has 0 unspecified atom stereocenters. The maximum atomic E-state index is 10.5. The summed E-state index contributed by atoms with van der Waals surface area (Å²) in [6.07, 6.45) is 5.72. The normalized spacial score (nSPS) is 19.3. The molecule has 0 N–H and O–H groups in total. The standard InChI is InChI=1S/C7H9BrOTe/c8-10-7-4-2-1-3-6(7)5-9/h5H,1-4H2. The van der Waals surface area contributed by atoms with Crippen LogP contribution in [-0.2, 0) is 4.79 Å². The number of rotatable bonds is 2. The Labute approximate surface area is 77.1 Å². The summed E-state index contributed by atoms with van der Waals surface area (Å²) < 4.78 is 1.44. The Morgan fingerprint density at radius 1 is 1.40 bits per heavy atom. The third-order valence-electron chi connectivity index (χ3n) is 1.69. The van der Waals surface area contributed by atoms with Crippen molar-refractivity contribution in [3.8, 4) is 0 Å². The summed E-state index contributed by atoms with van der Waals surface area (Å²) in [4.78, 5) is 10.5. The van der Waals surface area contributed by atoms with Crippen LogP contribution < -0.4 is 0 Å². The van der Waals surface area contributed by atoms with Crippen molar-refractivity contribution in [2.45, 2.75) is 25.7 Å². The summed E-state index contributed by atoms with van der Waals surface area (Å²) in [5, 5.41) is 0. The molecular formula is C7H9BrOTe. The minimum atomic E-state index is -0.159. The number of halogens is 1. The summed E-state index contributed by atoms with van der Waals surface area (Å²) in [5.41, 5.74) is 1.09. The van der Waals surface area contributed by atoms with Gasteiger partial charge in [0.15, 0.2) is 0 Å². The minimum absolute atomic E-state index is 0.159. The summed E-state index contributed by atoms with van der Waals surface area (Å²) >= 11 is 3.35. The average molecular weight is 317 g/mol. The van der Waals surface area contributed by atoms with Crippen LogP contribution in [0.3, 0.4) is 0 Å². The van der Waals surface area contributed by atoms with Gasteiger partial charge in [-0.15, -0.1) is 0 Å². The van der Waals surface area contributed by atoms with Crippen LogP contribution in [0.1, 0.15) is 25.7 Å². The zero-order valence-electron chi connectivity index (χ0n) is 5.60. The fourth-order valence-electron chi connectivity index (χ4n) is 1.11. The number of aldehydes is 1. The van der Waals surface area contributed by atoms with Crippen molar-refractivity contribution in [1.29, 1.82) is 0 Å². The predicted octanol–water partition coefficient (Wildman–Crippen LogP) is 2.03. The Hall–Kier alpha value is 0.680. The van der Waals surface area contributed by atoms with Crippen molar-refractivity contribution in [3.05, 3.63) is 9.19 Å². The first-order chi connectivity index (χ1) is 4.88. The van der Waals surface area contributed by atoms with Gasteiger partial charge < -0.3 is 0 Å². The molecule has 0 bridgehead atoms. The first-order valence-corrected chi connectivity index (χ1v) is 9.73. The number of allylic oxidation sites excluding steroid dienone is 2. The molecule has 0 aromatic carbocycles. The zero-order chi connectivity index (χ0) is 7.40. The summed E-state index contributed by atoms with van der Waals surface area (Å²) in [6.45, 7) is 0. The topological polar surface area (TPSA) is 17.1 Å². The van der Waals surface area contributed by atoms with Gasteiger partial charge in [-0.05, 0) is 0 Å². The van der Waals surface area contributed by atoms with Crippen LogP contribution in [-0.4, -0.2) is 25.0 Å². The second kappa shape index (κ2) is 4.54. The van der Waals surface area contributed by atoms with Gasteiger partial charge in [0.05, 0.1) is 0 Å². The summed E-state index contributed by atoms with van der Waals surface area (Å²) in [6, 6.07) is 0. The van der Waals surface area contributed by atoms with Crippen molar-refractivity contribution in [1.82, 2.24) is 0 Å². The van der Waals surface area contributed by atoms with Gasteiger partial charge in [-0.25, -0.2) is 0 Å². The van der Waals surface area contributed by atoms with Crippen LogP contribution in [0.2, 0.25) is 0 Å². The van der Waals surface area contributed by atoms with Crippen molar-refractivity contribution < 1.29 is 4.79 Å². The van der Waals surface area contributed by atoms with E-state index >= 15 is 0 Å². The zero-order valence-corrected chi connectivity index (χ0v) is 9.52. The van der Waals surface area contributed by atoms with E-state index in [1.807, 2.05) is 0 Å². The fraction of sp³-hybridized carbons (Fsp3) is 0.571. The SMILES string of the molecule is O=CC1=C([Te]Br)CCCC1. The first-order valence-electron chi connectivity index (χ1n) is 3.34. The molecule has 0 fully saturated rings. The molecule has 56 valence electrons. The van der Waals surface area contributed by atoms with Gasteiger partial charge >= 0.3 is 77.4 Å². The molecule has 0 heterocycles. The molecule has 0 saturated heterocycles. The quantitative estimate of drug-likeness (QED) is 0.563. The molecule has 1 aliphatic carbocycles. The van der Waals surface area contributed by atoms with Gasteiger partial charge in [-0.2, -0.15) is 0 Å². The van der Waals surface area contributed by atoms with Gasteiger partial charge in [0.2, 0.25) is 0 Å². The Kier molecular flexibility index (Phi) is 3.98. The Morgan fingerprint density at radius 3 is 2.60 bits per heavy atom. The molecule has 0 radical (unpaired) electrons. The van der Waals surface area contributed by atoms with Crippen LogP contribution >= 0.6 is 12.8 Å². The fourth-order valence-corrected chi connectivity index (χ4v) is 4.94. The molecule has 1 aliphatic rings. The third kappa shape index (κ3) is 2.08. The number of carbonyl (C=O) groups excluding carboxylic acids is 1. The summed E-state index contributed by atoms with van der Waals surface area (Å²) in [5.74, 6) is 0. The van der Waals surface area contributed by atoms with E-state index in [-0.39, 0.29) is 18.7 Å². The van der Waals surface area contributed by atoms with E-state index in [1.165, 1.54) is 22.9 Å². The van der Waals surface area contributed by atoms with Crippen molar-refractivity contribution in [2.75, 3.05) is 0 Å². The van der Waals surface area contributed by atoms with E-state index in [2.05, 4.69) is 12.8 Å².